The lowest BCUT2D eigenvalue weighted by Gasteiger charge is -2.15. The van der Waals surface area contributed by atoms with Crippen molar-refractivity contribution < 1.29 is 9.59 Å². The van der Waals surface area contributed by atoms with Crippen LogP contribution < -0.4 is 11.1 Å². The number of carbonyl (C=O) groups excluding carboxylic acids is 2. The number of rotatable bonds is 5. The highest BCUT2D eigenvalue weighted by Crippen LogP contribution is 2.14. The number of hydrogen-bond donors (Lipinski definition) is 2. The second kappa shape index (κ2) is 7.22. The van der Waals surface area contributed by atoms with E-state index >= 15 is 0 Å². The summed E-state index contributed by atoms with van der Waals surface area (Å²) in [6.45, 7) is 1.84. The van der Waals surface area contributed by atoms with Crippen molar-refractivity contribution in [2.45, 2.75) is 13.0 Å². The van der Waals surface area contributed by atoms with Crippen LogP contribution in [0.5, 0.6) is 0 Å². The number of nitrogens with two attached hydrogens (primary N) is 1. The number of hydrogen-bond acceptors (Lipinski definition) is 2. The van der Waals surface area contributed by atoms with Crippen molar-refractivity contribution in [3.8, 4) is 0 Å². The molecule has 0 radical (unpaired) electrons. The Balaban J connectivity index is 2.14. The molecule has 2 amide bonds. The van der Waals surface area contributed by atoms with Crippen molar-refractivity contribution in [1.29, 1.82) is 0 Å². The molecule has 0 unspecified atom stereocenters. The van der Waals surface area contributed by atoms with Gasteiger partial charge in [-0.1, -0.05) is 60.7 Å². The molecule has 2 rings (SSSR count). The SMILES string of the molecule is C/C(=C\C(=O)N[C@H](C(N)=O)c1ccccc1)c1ccccc1. The molecular weight excluding hydrogens is 276 g/mol. The fourth-order valence-electron chi connectivity index (χ4n) is 2.13. The maximum atomic E-state index is 12.1. The first kappa shape index (κ1) is 15.5. The van der Waals surface area contributed by atoms with Gasteiger partial charge in [0.15, 0.2) is 0 Å². The van der Waals surface area contributed by atoms with E-state index in [4.69, 9.17) is 5.73 Å². The molecule has 2 aromatic carbocycles. The van der Waals surface area contributed by atoms with E-state index in [1.165, 1.54) is 6.08 Å². The largest absolute Gasteiger partial charge is 0.368 e. The van der Waals surface area contributed by atoms with Crippen molar-refractivity contribution >= 4 is 17.4 Å². The molecule has 0 aliphatic carbocycles. The monoisotopic (exact) mass is 294 g/mol. The average molecular weight is 294 g/mol. The molecule has 2 aromatic rings. The summed E-state index contributed by atoms with van der Waals surface area (Å²) in [5.41, 5.74) is 7.81. The Labute approximate surface area is 129 Å². The Morgan fingerprint density at radius 3 is 2.09 bits per heavy atom. The maximum absolute atomic E-state index is 12.1. The first-order valence-electron chi connectivity index (χ1n) is 6.96. The highest BCUT2D eigenvalue weighted by Gasteiger charge is 2.19. The summed E-state index contributed by atoms with van der Waals surface area (Å²) in [6.07, 6.45) is 1.47. The summed E-state index contributed by atoms with van der Waals surface area (Å²) >= 11 is 0. The zero-order valence-electron chi connectivity index (χ0n) is 12.3. The number of nitrogens with one attached hydrogen (secondary N) is 1. The minimum atomic E-state index is -0.839. The van der Waals surface area contributed by atoms with Crippen LogP contribution in [0.1, 0.15) is 24.1 Å². The summed E-state index contributed by atoms with van der Waals surface area (Å²) < 4.78 is 0. The lowest BCUT2D eigenvalue weighted by atomic mass is 10.1. The Morgan fingerprint density at radius 2 is 1.55 bits per heavy atom. The van der Waals surface area contributed by atoms with Gasteiger partial charge in [-0.25, -0.2) is 0 Å². The summed E-state index contributed by atoms with van der Waals surface area (Å²) in [6, 6.07) is 17.6. The fourth-order valence-corrected chi connectivity index (χ4v) is 2.13. The van der Waals surface area contributed by atoms with Crippen molar-refractivity contribution in [1.82, 2.24) is 5.32 Å². The third-order valence-electron chi connectivity index (χ3n) is 3.28. The van der Waals surface area contributed by atoms with E-state index in [1.807, 2.05) is 43.3 Å². The van der Waals surface area contributed by atoms with Gasteiger partial charge in [0.1, 0.15) is 6.04 Å². The standard InChI is InChI=1S/C18H18N2O2/c1-13(14-8-4-2-5-9-14)12-16(21)20-17(18(19)22)15-10-6-3-7-11-15/h2-12,17H,1H3,(H2,19,22)(H,20,21)/b13-12+/t17-/m0/s1. The van der Waals surface area contributed by atoms with E-state index < -0.39 is 11.9 Å². The van der Waals surface area contributed by atoms with Crippen LogP contribution in [0.2, 0.25) is 0 Å². The van der Waals surface area contributed by atoms with Crippen molar-refractivity contribution in [2.24, 2.45) is 5.73 Å². The van der Waals surface area contributed by atoms with Crippen molar-refractivity contribution in [3.63, 3.8) is 0 Å². The van der Waals surface area contributed by atoms with Gasteiger partial charge in [-0.2, -0.15) is 0 Å². The molecule has 0 heterocycles. The van der Waals surface area contributed by atoms with Crippen LogP contribution in [0.3, 0.4) is 0 Å². The number of carbonyl (C=O) groups is 2. The Morgan fingerprint density at radius 1 is 1.00 bits per heavy atom. The smallest absolute Gasteiger partial charge is 0.245 e. The first-order chi connectivity index (χ1) is 10.6. The zero-order valence-corrected chi connectivity index (χ0v) is 12.3. The second-order valence-corrected chi connectivity index (χ2v) is 4.95. The summed E-state index contributed by atoms with van der Waals surface area (Å²) in [5.74, 6) is -0.945. The molecule has 0 aromatic heterocycles. The summed E-state index contributed by atoms with van der Waals surface area (Å²) in [5, 5.41) is 2.64. The second-order valence-electron chi connectivity index (χ2n) is 4.95. The average Bonchev–Trinajstić information content (AvgIpc) is 2.54. The molecule has 0 bridgehead atoms. The molecule has 1 atom stereocenters. The van der Waals surface area contributed by atoms with Crippen LogP contribution >= 0.6 is 0 Å². The minimum absolute atomic E-state index is 0.353. The van der Waals surface area contributed by atoms with Crippen LogP contribution in [0.25, 0.3) is 5.57 Å². The quantitative estimate of drug-likeness (QED) is 0.831. The number of amides is 2. The predicted molar refractivity (Wildman–Crippen MR) is 86.6 cm³/mol. The number of allylic oxidation sites excluding steroid dienone is 1. The molecule has 112 valence electrons. The normalized spacial score (nSPS) is 12.5. The van der Waals surface area contributed by atoms with Crippen LogP contribution in [0.4, 0.5) is 0 Å². The summed E-state index contributed by atoms with van der Waals surface area (Å²) in [4.78, 5) is 23.7. The molecule has 22 heavy (non-hydrogen) atoms. The van der Waals surface area contributed by atoms with E-state index in [1.54, 1.807) is 24.3 Å². The van der Waals surface area contributed by atoms with Crippen LogP contribution in [0, 0.1) is 0 Å². The van der Waals surface area contributed by atoms with E-state index in [-0.39, 0.29) is 5.91 Å². The number of primary amides is 1. The molecule has 0 fully saturated rings. The van der Waals surface area contributed by atoms with Gasteiger partial charge in [0.05, 0.1) is 0 Å². The Hall–Kier alpha value is -2.88. The molecule has 4 heteroatoms. The van der Waals surface area contributed by atoms with Crippen molar-refractivity contribution in [3.05, 3.63) is 77.9 Å². The van der Waals surface area contributed by atoms with Gasteiger partial charge in [-0.05, 0) is 23.6 Å². The highest BCUT2D eigenvalue weighted by atomic mass is 16.2. The van der Waals surface area contributed by atoms with Gasteiger partial charge in [-0.3, -0.25) is 9.59 Å². The lowest BCUT2D eigenvalue weighted by Crippen LogP contribution is -2.36. The van der Waals surface area contributed by atoms with E-state index in [0.29, 0.717) is 5.56 Å². The molecule has 4 nitrogen and oxygen atoms in total. The highest BCUT2D eigenvalue weighted by molar-refractivity contribution is 5.97. The van der Waals surface area contributed by atoms with E-state index in [9.17, 15) is 9.59 Å². The molecule has 0 saturated carbocycles. The van der Waals surface area contributed by atoms with E-state index in [0.717, 1.165) is 11.1 Å². The molecular formula is C18H18N2O2. The van der Waals surface area contributed by atoms with Crippen LogP contribution in [-0.4, -0.2) is 11.8 Å². The molecule has 0 saturated heterocycles. The van der Waals surface area contributed by atoms with Gasteiger partial charge in [0.2, 0.25) is 11.8 Å². The summed E-state index contributed by atoms with van der Waals surface area (Å²) in [7, 11) is 0. The van der Waals surface area contributed by atoms with Crippen LogP contribution in [0.15, 0.2) is 66.7 Å². The third kappa shape index (κ3) is 4.06. The minimum Gasteiger partial charge on any atom is -0.368 e. The zero-order chi connectivity index (χ0) is 15.9. The molecule has 0 spiro atoms. The van der Waals surface area contributed by atoms with Gasteiger partial charge < -0.3 is 11.1 Å². The van der Waals surface area contributed by atoms with Crippen molar-refractivity contribution in [2.75, 3.05) is 0 Å². The lowest BCUT2D eigenvalue weighted by molar-refractivity contribution is -0.125. The topological polar surface area (TPSA) is 72.2 Å². The van der Waals surface area contributed by atoms with Gasteiger partial charge in [0.25, 0.3) is 0 Å². The first-order valence-corrected chi connectivity index (χ1v) is 6.96. The molecule has 0 aliphatic heterocycles. The van der Waals surface area contributed by atoms with Gasteiger partial charge in [0, 0.05) is 6.08 Å². The predicted octanol–water partition coefficient (Wildman–Crippen LogP) is 2.43. The fraction of sp³-hybridized carbons (Fsp3) is 0.111. The Kier molecular flexibility index (Phi) is 5.09. The number of benzene rings is 2. The maximum Gasteiger partial charge on any atom is 0.245 e. The molecule has 3 N–H and O–H groups in total. The van der Waals surface area contributed by atoms with E-state index in [2.05, 4.69) is 5.32 Å². The van der Waals surface area contributed by atoms with Gasteiger partial charge >= 0.3 is 0 Å². The van der Waals surface area contributed by atoms with Crippen LogP contribution in [-0.2, 0) is 9.59 Å². The third-order valence-corrected chi connectivity index (χ3v) is 3.28. The molecule has 0 aliphatic rings. The van der Waals surface area contributed by atoms with Gasteiger partial charge in [-0.15, -0.1) is 0 Å². The Bertz CT molecular complexity index is 679.